The van der Waals surface area contributed by atoms with Crippen LogP contribution in [0.3, 0.4) is 0 Å². The quantitative estimate of drug-likeness (QED) is 0.674. The van der Waals surface area contributed by atoms with E-state index < -0.39 is 30.3 Å². The van der Waals surface area contributed by atoms with Gasteiger partial charge in [-0.1, -0.05) is 30.3 Å². The molecule has 3 aliphatic rings. The molecule has 2 saturated heterocycles. The highest BCUT2D eigenvalue weighted by atomic mass is 16.5. The highest BCUT2D eigenvalue weighted by Gasteiger charge is 2.40. The molecule has 0 bridgehead atoms. The van der Waals surface area contributed by atoms with Crippen molar-refractivity contribution in [3.05, 3.63) is 64.7 Å². The Kier molecular flexibility index (Phi) is 5.15. The van der Waals surface area contributed by atoms with Gasteiger partial charge in [0.25, 0.3) is 5.91 Å². The number of hydrogen-bond acceptors (Lipinski definition) is 6. The highest BCUT2D eigenvalue weighted by molar-refractivity contribution is 6.05. The van der Waals surface area contributed by atoms with Gasteiger partial charge in [-0.3, -0.25) is 24.6 Å². The lowest BCUT2D eigenvalue weighted by Crippen LogP contribution is -2.52. The summed E-state index contributed by atoms with van der Waals surface area (Å²) in [6.45, 7) is 1.88. The molecule has 0 aromatic heterocycles. The van der Waals surface area contributed by atoms with Crippen molar-refractivity contribution in [2.75, 3.05) is 26.3 Å². The van der Waals surface area contributed by atoms with Gasteiger partial charge >= 0.3 is 0 Å². The molecule has 0 saturated carbocycles. The monoisotopic (exact) mass is 452 g/mol. The third-order valence-corrected chi connectivity index (χ3v) is 6.09. The molecular weight excluding hydrogens is 422 g/mol. The molecular formula is C25H27N3O5. The standard InChI is InChI=1S/C25H27N3O5/c29-23-9-8-21(24(30)26-23)28-15-20-19(25(28)31)2-1-3-22(20)33-16-18-6-4-17(5-7-18)14-27-10-12-32-13-11-27/h1-7,21H,8-16H2,(H,26,29,30)/i1D,15D2. The van der Waals surface area contributed by atoms with Crippen molar-refractivity contribution < 1.29 is 28.0 Å². The lowest BCUT2D eigenvalue weighted by molar-refractivity contribution is -0.136. The number of imide groups is 1. The normalized spacial score (nSPS) is 24.0. The smallest absolute Gasteiger partial charge is 0.255 e. The van der Waals surface area contributed by atoms with Gasteiger partial charge in [-0.05, 0) is 29.7 Å². The lowest BCUT2D eigenvalue weighted by atomic mass is 10.0. The molecule has 33 heavy (non-hydrogen) atoms. The fraction of sp³-hybridized carbons (Fsp3) is 0.400. The van der Waals surface area contributed by atoms with Crippen LogP contribution in [0.25, 0.3) is 0 Å². The molecule has 0 spiro atoms. The second kappa shape index (κ2) is 9.33. The minimum atomic E-state index is -2.35. The zero-order chi connectivity index (χ0) is 25.4. The lowest BCUT2D eigenvalue weighted by Gasteiger charge is -2.29. The summed E-state index contributed by atoms with van der Waals surface area (Å²) >= 11 is 0. The topological polar surface area (TPSA) is 88.2 Å². The Balaban J connectivity index is 1.34. The number of morpholine rings is 1. The Hall–Kier alpha value is -3.23. The molecule has 0 aliphatic carbocycles. The van der Waals surface area contributed by atoms with Gasteiger partial charge in [0.1, 0.15) is 18.4 Å². The highest BCUT2D eigenvalue weighted by Crippen LogP contribution is 2.34. The number of nitrogens with one attached hydrogen (secondary N) is 1. The Morgan fingerprint density at radius 2 is 1.85 bits per heavy atom. The summed E-state index contributed by atoms with van der Waals surface area (Å²) in [5, 5.41) is 2.18. The maximum absolute atomic E-state index is 13.2. The first-order chi connectivity index (χ1) is 17.2. The number of piperidine rings is 1. The van der Waals surface area contributed by atoms with E-state index in [0.29, 0.717) is 0 Å². The first kappa shape index (κ1) is 18.2. The molecule has 8 heteroatoms. The number of amides is 3. The Morgan fingerprint density at radius 1 is 1.09 bits per heavy atom. The summed E-state index contributed by atoms with van der Waals surface area (Å²) in [7, 11) is 0. The summed E-state index contributed by atoms with van der Waals surface area (Å²) in [6.07, 6.45) is 0.0474. The number of fused-ring (bicyclic) bond motifs is 1. The molecule has 1 N–H and O–H groups in total. The van der Waals surface area contributed by atoms with Crippen molar-refractivity contribution in [1.82, 2.24) is 15.1 Å². The van der Waals surface area contributed by atoms with E-state index in [1.165, 1.54) is 12.1 Å². The maximum Gasteiger partial charge on any atom is 0.255 e. The van der Waals surface area contributed by atoms with Crippen molar-refractivity contribution >= 4 is 17.7 Å². The minimum absolute atomic E-state index is 0.00103. The zero-order valence-electron chi connectivity index (χ0n) is 21.1. The van der Waals surface area contributed by atoms with Crippen LogP contribution in [0.1, 0.15) is 44.0 Å². The third-order valence-electron chi connectivity index (χ3n) is 6.09. The van der Waals surface area contributed by atoms with Crippen molar-refractivity contribution in [2.24, 2.45) is 0 Å². The number of carbonyl (C=O) groups is 3. The Morgan fingerprint density at radius 3 is 2.61 bits per heavy atom. The van der Waals surface area contributed by atoms with Gasteiger partial charge in [-0.15, -0.1) is 0 Å². The molecule has 3 heterocycles. The van der Waals surface area contributed by atoms with Gasteiger partial charge < -0.3 is 14.4 Å². The van der Waals surface area contributed by atoms with Crippen LogP contribution in [0.2, 0.25) is 0 Å². The number of hydrogen-bond donors (Lipinski definition) is 1. The van der Waals surface area contributed by atoms with Gasteiger partial charge in [-0.2, -0.15) is 0 Å². The number of benzene rings is 2. The van der Waals surface area contributed by atoms with Crippen molar-refractivity contribution in [3.63, 3.8) is 0 Å². The summed E-state index contributed by atoms with van der Waals surface area (Å²) in [5.41, 5.74) is 2.01. The molecule has 1 unspecified atom stereocenters. The average Bonchev–Trinajstić information content (AvgIpc) is 3.04. The van der Waals surface area contributed by atoms with Crippen LogP contribution in [0, 0.1) is 0 Å². The number of ether oxygens (including phenoxy) is 2. The van der Waals surface area contributed by atoms with E-state index in [2.05, 4.69) is 10.2 Å². The molecule has 2 fully saturated rings. The molecule has 2 aromatic rings. The number of rotatable bonds is 6. The van der Waals surface area contributed by atoms with Crippen LogP contribution in [0.15, 0.2) is 42.4 Å². The van der Waals surface area contributed by atoms with Crippen LogP contribution in [-0.2, 0) is 34.0 Å². The van der Waals surface area contributed by atoms with E-state index >= 15 is 0 Å². The van der Waals surface area contributed by atoms with E-state index in [9.17, 15) is 14.4 Å². The summed E-state index contributed by atoms with van der Waals surface area (Å²) in [5.74, 6) is -1.77. The van der Waals surface area contributed by atoms with Crippen LogP contribution in [-0.4, -0.2) is 59.9 Å². The maximum atomic E-state index is 13.2. The van der Waals surface area contributed by atoms with Gasteiger partial charge in [-0.25, -0.2) is 0 Å². The van der Waals surface area contributed by atoms with Crippen molar-refractivity contribution in [2.45, 2.75) is 38.5 Å². The van der Waals surface area contributed by atoms with E-state index in [1.807, 2.05) is 24.3 Å². The molecule has 2 aromatic carbocycles. The predicted octanol–water partition coefficient (Wildman–Crippen LogP) is 1.86. The molecule has 5 rings (SSSR count). The van der Waals surface area contributed by atoms with E-state index in [-0.39, 0.29) is 42.4 Å². The first-order valence-electron chi connectivity index (χ1n) is 12.6. The van der Waals surface area contributed by atoms with Gasteiger partial charge in [0.15, 0.2) is 0 Å². The van der Waals surface area contributed by atoms with Crippen molar-refractivity contribution in [1.29, 1.82) is 0 Å². The van der Waals surface area contributed by atoms with Gasteiger partial charge in [0.05, 0.1) is 23.8 Å². The Labute approximate surface area is 196 Å². The average molecular weight is 453 g/mol. The molecule has 1 atom stereocenters. The largest absolute Gasteiger partial charge is 0.489 e. The fourth-order valence-electron chi connectivity index (χ4n) is 4.24. The summed E-state index contributed by atoms with van der Waals surface area (Å²) < 4.78 is 36.9. The van der Waals surface area contributed by atoms with Crippen LogP contribution in [0.4, 0.5) is 0 Å². The molecule has 3 aliphatic heterocycles. The second-order valence-corrected chi connectivity index (χ2v) is 8.36. The molecule has 3 amide bonds. The predicted molar refractivity (Wildman–Crippen MR) is 119 cm³/mol. The van der Waals surface area contributed by atoms with E-state index in [1.54, 1.807) is 0 Å². The first-order valence-corrected chi connectivity index (χ1v) is 11.1. The molecule has 0 radical (unpaired) electrons. The fourth-order valence-corrected chi connectivity index (χ4v) is 4.24. The number of carbonyl (C=O) groups excluding carboxylic acids is 3. The van der Waals surface area contributed by atoms with Crippen LogP contribution in [0.5, 0.6) is 5.75 Å². The summed E-state index contributed by atoms with van der Waals surface area (Å²) in [6, 6.07) is 9.46. The van der Waals surface area contributed by atoms with Gasteiger partial charge in [0.2, 0.25) is 11.8 Å². The van der Waals surface area contributed by atoms with Crippen molar-refractivity contribution in [3.8, 4) is 5.75 Å². The number of nitrogens with zero attached hydrogens (tertiary/aromatic N) is 2. The Bertz CT molecular complexity index is 1200. The van der Waals surface area contributed by atoms with Crippen LogP contribution >= 0.6 is 0 Å². The van der Waals surface area contributed by atoms with E-state index in [4.69, 9.17) is 13.6 Å². The van der Waals surface area contributed by atoms with E-state index in [0.717, 1.165) is 48.9 Å². The zero-order valence-corrected chi connectivity index (χ0v) is 18.1. The summed E-state index contributed by atoms with van der Waals surface area (Å²) in [4.78, 5) is 40.4. The van der Waals surface area contributed by atoms with Crippen LogP contribution < -0.4 is 10.1 Å². The van der Waals surface area contributed by atoms with Gasteiger partial charge in [0, 0.05) is 37.2 Å². The second-order valence-electron chi connectivity index (χ2n) is 8.36. The molecule has 172 valence electrons. The molecule has 8 nitrogen and oxygen atoms in total. The SMILES string of the molecule is [2H]c1cc(OCc2ccc(CN3CCOCC3)cc2)c2c(c1)C(=O)N(C1CCC(=O)NC1=O)C2([2H])[2H]. The minimum Gasteiger partial charge on any atom is -0.489 e. The third kappa shape index (κ3) is 4.62.